The van der Waals surface area contributed by atoms with Crippen molar-refractivity contribution in [2.24, 2.45) is 45.3 Å². The van der Waals surface area contributed by atoms with Gasteiger partial charge in [0.15, 0.2) is 0 Å². The third-order valence-electron chi connectivity index (χ3n) is 14.0. The molecule has 4 saturated carbocycles. The third-order valence-corrected chi connectivity index (χ3v) is 14.0. The van der Waals surface area contributed by atoms with E-state index in [-0.39, 0.29) is 64.1 Å². The highest BCUT2D eigenvalue weighted by molar-refractivity contribution is 5.76. The minimum atomic E-state index is -0.980. The van der Waals surface area contributed by atoms with Gasteiger partial charge in [-0.1, -0.05) is 34.6 Å². The molecule has 0 aromatic heterocycles. The van der Waals surface area contributed by atoms with Gasteiger partial charge < -0.3 is 24.8 Å². The molecule has 0 amide bonds. The molecule has 7 nitrogen and oxygen atoms in total. The smallest absolute Gasteiger partial charge is 0.306 e. The van der Waals surface area contributed by atoms with Crippen LogP contribution in [0.4, 0.5) is 0 Å². The second-order valence-electron chi connectivity index (χ2n) is 16.8. The molecule has 0 aromatic carbocycles. The molecule has 5 aliphatic rings. The van der Waals surface area contributed by atoms with E-state index in [1.807, 2.05) is 13.8 Å². The number of carbonyl (C=O) groups is 2. The topological polar surface area (TPSA) is 113 Å². The van der Waals surface area contributed by atoms with Gasteiger partial charge in [-0.05, 0) is 118 Å². The Kier molecular flexibility index (Phi) is 7.56. The van der Waals surface area contributed by atoms with E-state index in [9.17, 15) is 19.8 Å². The van der Waals surface area contributed by atoms with Gasteiger partial charge in [0.05, 0.1) is 36.3 Å². The molecule has 41 heavy (non-hydrogen) atoms. The molecule has 0 spiro atoms. The standard InChI is InChI=1S/C34H56O7/c1-29(2)22-12-17-32(6)23(31(22,5)15-13-24(29)40-27(38)10-9-26(36)37)19-21(35)28-20(11-16-33(28,32)7)34(8)18-14-25(41-34)30(3,4)39/h20-25,28,35,39H,9-19H2,1-8H3,(H,36,37)/t20?,21-,22?,23-,24+,25-,28+,31+,32-,33-,34+/m1/s1. The highest BCUT2D eigenvalue weighted by Gasteiger charge is 2.72. The number of aliphatic carboxylic acids is 1. The number of carboxylic acids is 1. The van der Waals surface area contributed by atoms with Crippen LogP contribution >= 0.6 is 0 Å². The van der Waals surface area contributed by atoms with Crippen LogP contribution in [-0.2, 0) is 19.1 Å². The summed E-state index contributed by atoms with van der Waals surface area (Å²) in [5.41, 5.74) is -1.33. The monoisotopic (exact) mass is 576 g/mol. The van der Waals surface area contributed by atoms with E-state index in [1.54, 1.807) is 0 Å². The lowest BCUT2D eigenvalue weighted by atomic mass is 9.35. The second-order valence-corrected chi connectivity index (χ2v) is 16.8. The molecule has 1 saturated heterocycles. The molecule has 234 valence electrons. The van der Waals surface area contributed by atoms with Crippen molar-refractivity contribution < 1.29 is 34.4 Å². The fraction of sp³-hybridized carbons (Fsp3) is 0.941. The van der Waals surface area contributed by atoms with Crippen LogP contribution in [-0.4, -0.2) is 56.8 Å². The van der Waals surface area contributed by atoms with Crippen LogP contribution in [0.25, 0.3) is 0 Å². The lowest BCUT2D eigenvalue weighted by molar-refractivity contribution is -0.251. The van der Waals surface area contributed by atoms with E-state index in [0.29, 0.717) is 11.8 Å². The van der Waals surface area contributed by atoms with Crippen LogP contribution < -0.4 is 0 Å². The maximum absolute atomic E-state index is 12.5. The van der Waals surface area contributed by atoms with Crippen molar-refractivity contribution in [3.63, 3.8) is 0 Å². The van der Waals surface area contributed by atoms with Gasteiger partial charge in [-0.2, -0.15) is 0 Å². The number of esters is 1. The Hall–Kier alpha value is -1.18. The van der Waals surface area contributed by atoms with E-state index in [2.05, 4.69) is 41.5 Å². The molecule has 1 aliphatic heterocycles. The Morgan fingerprint density at radius 1 is 0.878 bits per heavy atom. The van der Waals surface area contributed by atoms with Gasteiger partial charge in [-0.3, -0.25) is 9.59 Å². The number of fused-ring (bicyclic) bond motifs is 5. The lowest BCUT2D eigenvalue weighted by Gasteiger charge is -2.70. The fourth-order valence-electron chi connectivity index (χ4n) is 11.7. The maximum Gasteiger partial charge on any atom is 0.306 e. The average Bonchev–Trinajstić information content (AvgIpc) is 3.44. The summed E-state index contributed by atoms with van der Waals surface area (Å²) in [6.45, 7) is 17.8. The van der Waals surface area contributed by atoms with Crippen LogP contribution in [0, 0.1) is 45.3 Å². The number of hydrogen-bond acceptors (Lipinski definition) is 6. The Labute approximate surface area is 247 Å². The molecular weight excluding hydrogens is 520 g/mol. The van der Waals surface area contributed by atoms with E-state index >= 15 is 0 Å². The Bertz CT molecular complexity index is 1050. The van der Waals surface area contributed by atoms with Gasteiger partial charge in [-0.15, -0.1) is 0 Å². The average molecular weight is 577 g/mol. The molecule has 5 rings (SSSR count). The first-order valence-electron chi connectivity index (χ1n) is 16.3. The summed E-state index contributed by atoms with van der Waals surface area (Å²) in [6.07, 6.45) is 7.52. The van der Waals surface area contributed by atoms with Gasteiger partial charge in [0, 0.05) is 5.41 Å². The molecule has 0 aromatic rings. The minimum Gasteiger partial charge on any atom is -0.481 e. The summed E-state index contributed by atoms with van der Waals surface area (Å²) >= 11 is 0. The van der Waals surface area contributed by atoms with E-state index in [4.69, 9.17) is 14.6 Å². The predicted octanol–water partition coefficient (Wildman–Crippen LogP) is 6.13. The normalized spacial score (nSPS) is 49.1. The molecule has 5 fully saturated rings. The lowest BCUT2D eigenvalue weighted by Crippen LogP contribution is -2.66. The number of hydrogen-bond donors (Lipinski definition) is 3. The van der Waals surface area contributed by atoms with Gasteiger partial charge in [0.25, 0.3) is 0 Å². The largest absolute Gasteiger partial charge is 0.481 e. The van der Waals surface area contributed by atoms with Crippen LogP contribution in [0.1, 0.15) is 126 Å². The molecular formula is C34H56O7. The van der Waals surface area contributed by atoms with Gasteiger partial charge in [0.1, 0.15) is 6.10 Å². The number of carbonyl (C=O) groups excluding carboxylic acids is 1. The highest BCUT2D eigenvalue weighted by Crippen LogP contribution is 2.76. The van der Waals surface area contributed by atoms with Crippen molar-refractivity contribution in [2.75, 3.05) is 0 Å². The first-order chi connectivity index (χ1) is 18.8. The summed E-state index contributed by atoms with van der Waals surface area (Å²) in [4.78, 5) is 23.5. The minimum absolute atomic E-state index is 0.00252. The molecule has 11 atom stereocenters. The summed E-state index contributed by atoms with van der Waals surface area (Å²) in [7, 11) is 0. The van der Waals surface area contributed by atoms with Crippen molar-refractivity contribution in [3.05, 3.63) is 0 Å². The first-order valence-corrected chi connectivity index (χ1v) is 16.3. The molecule has 4 aliphatic carbocycles. The molecule has 1 heterocycles. The first kappa shape index (κ1) is 31.3. The zero-order valence-electron chi connectivity index (χ0n) is 26.8. The van der Waals surface area contributed by atoms with E-state index < -0.39 is 23.6 Å². The maximum atomic E-state index is 12.5. The SMILES string of the molecule is CC(C)(O)[C@H]1CC[C@@](C)(C2CC[C@]3(C)[C@@H]2[C@H](O)C[C@@H]2[C@@]4(C)CC[C@H](OC(=O)CCC(=O)O)C(C)(C)C4CC[C@]23C)O1. The Morgan fingerprint density at radius 3 is 2.15 bits per heavy atom. The second kappa shape index (κ2) is 9.92. The number of aliphatic hydroxyl groups excluding tert-OH is 1. The van der Waals surface area contributed by atoms with E-state index in [0.717, 1.165) is 57.8 Å². The van der Waals surface area contributed by atoms with Gasteiger partial charge in [0.2, 0.25) is 0 Å². The Morgan fingerprint density at radius 2 is 1.54 bits per heavy atom. The zero-order chi connectivity index (χ0) is 30.4. The van der Waals surface area contributed by atoms with Gasteiger partial charge >= 0.3 is 11.9 Å². The zero-order valence-corrected chi connectivity index (χ0v) is 26.8. The van der Waals surface area contributed by atoms with Crippen molar-refractivity contribution in [2.45, 2.75) is 156 Å². The van der Waals surface area contributed by atoms with E-state index in [1.165, 1.54) is 0 Å². The number of aliphatic hydroxyl groups is 2. The molecule has 7 heteroatoms. The molecule has 3 N–H and O–H groups in total. The summed E-state index contributed by atoms with van der Waals surface area (Å²) < 4.78 is 12.6. The predicted molar refractivity (Wildman–Crippen MR) is 156 cm³/mol. The highest BCUT2D eigenvalue weighted by atomic mass is 16.5. The van der Waals surface area contributed by atoms with Crippen molar-refractivity contribution in [1.29, 1.82) is 0 Å². The number of rotatable bonds is 6. The van der Waals surface area contributed by atoms with Crippen molar-refractivity contribution >= 4 is 11.9 Å². The van der Waals surface area contributed by atoms with Gasteiger partial charge in [-0.25, -0.2) is 0 Å². The Balaban J connectivity index is 1.39. The quantitative estimate of drug-likeness (QED) is 0.326. The summed E-state index contributed by atoms with van der Waals surface area (Å²) in [5, 5.41) is 31.7. The van der Waals surface area contributed by atoms with Crippen LogP contribution in [0.2, 0.25) is 0 Å². The van der Waals surface area contributed by atoms with Crippen LogP contribution in [0.15, 0.2) is 0 Å². The summed E-state index contributed by atoms with van der Waals surface area (Å²) in [6, 6.07) is 0. The number of carboxylic acid groups (broad SMARTS) is 1. The third kappa shape index (κ3) is 4.70. The molecule has 0 radical (unpaired) electrons. The fourth-order valence-corrected chi connectivity index (χ4v) is 11.7. The molecule has 2 unspecified atom stereocenters. The number of ether oxygens (including phenoxy) is 2. The summed E-state index contributed by atoms with van der Waals surface area (Å²) in [5.74, 6) is -0.222. The van der Waals surface area contributed by atoms with Crippen molar-refractivity contribution in [1.82, 2.24) is 0 Å². The van der Waals surface area contributed by atoms with Crippen molar-refractivity contribution in [3.8, 4) is 0 Å². The van der Waals surface area contributed by atoms with Crippen LogP contribution in [0.3, 0.4) is 0 Å². The molecule has 0 bridgehead atoms. The van der Waals surface area contributed by atoms with Crippen LogP contribution in [0.5, 0.6) is 0 Å².